The van der Waals surface area contributed by atoms with Crippen molar-refractivity contribution in [3.8, 4) is 0 Å². The van der Waals surface area contributed by atoms with Crippen LogP contribution in [0.2, 0.25) is 0 Å². The average molecular weight is 247 g/mol. The molecule has 4 nitrogen and oxygen atoms in total. The third-order valence-corrected chi connectivity index (χ3v) is 3.22. The summed E-state index contributed by atoms with van der Waals surface area (Å²) in [6.45, 7) is 2.54. The molecule has 0 aromatic heterocycles. The van der Waals surface area contributed by atoms with Gasteiger partial charge in [0.15, 0.2) is 0 Å². The molecule has 1 fully saturated rings. The maximum Gasteiger partial charge on any atom is 0.0923 e. The number of nitrogens with two attached hydrogens (primary N) is 1. The van der Waals surface area contributed by atoms with E-state index in [1.54, 1.807) is 0 Å². The first-order valence-electron chi connectivity index (χ1n) is 6.50. The Morgan fingerprint density at radius 2 is 2.17 bits per heavy atom. The molecule has 1 aliphatic rings. The summed E-state index contributed by atoms with van der Waals surface area (Å²) >= 11 is 0. The van der Waals surface area contributed by atoms with Gasteiger partial charge >= 0.3 is 0 Å². The van der Waals surface area contributed by atoms with Crippen molar-refractivity contribution in [2.45, 2.75) is 25.4 Å². The maximum atomic E-state index is 7.35. The molecular weight excluding hydrogens is 226 g/mol. The van der Waals surface area contributed by atoms with E-state index in [9.17, 15) is 0 Å². The number of nitrogens with one attached hydrogen (secondary N) is 1. The molecule has 4 heteroatoms. The molecule has 1 atom stereocenters. The lowest BCUT2D eigenvalue weighted by Gasteiger charge is -2.27. The van der Waals surface area contributed by atoms with Crippen LogP contribution >= 0.6 is 0 Å². The second kappa shape index (κ2) is 6.40. The van der Waals surface area contributed by atoms with Crippen molar-refractivity contribution in [1.82, 2.24) is 0 Å². The number of nitrogens with zero attached hydrogens (tertiary/aromatic N) is 1. The fraction of sp³-hybridized carbons (Fsp3) is 0.500. The predicted octanol–water partition coefficient (Wildman–Crippen LogP) is 2.00. The van der Waals surface area contributed by atoms with Crippen LogP contribution in [0, 0.1) is 5.41 Å². The van der Waals surface area contributed by atoms with Gasteiger partial charge in [0.1, 0.15) is 0 Å². The highest BCUT2D eigenvalue weighted by molar-refractivity contribution is 5.77. The summed E-state index contributed by atoms with van der Waals surface area (Å²) in [6, 6.07) is 10.3. The second-order valence-electron chi connectivity index (χ2n) is 4.69. The van der Waals surface area contributed by atoms with Gasteiger partial charge in [-0.05, 0) is 25.0 Å². The SMILES string of the molecule is N=C(N)CCN(CC1CCCO1)c1ccccc1. The molecular formula is C14H21N3O. The number of anilines is 1. The summed E-state index contributed by atoms with van der Waals surface area (Å²) in [4.78, 5) is 2.26. The van der Waals surface area contributed by atoms with Crippen molar-refractivity contribution >= 4 is 11.5 Å². The molecule has 3 N–H and O–H groups in total. The molecule has 2 rings (SSSR count). The Balaban J connectivity index is 1.99. The molecule has 0 spiro atoms. The third kappa shape index (κ3) is 3.74. The first-order valence-corrected chi connectivity index (χ1v) is 6.50. The van der Waals surface area contributed by atoms with Crippen LogP contribution in [-0.4, -0.2) is 31.6 Å². The highest BCUT2D eigenvalue weighted by Crippen LogP contribution is 2.19. The molecule has 1 aromatic rings. The van der Waals surface area contributed by atoms with Crippen LogP contribution < -0.4 is 10.6 Å². The predicted molar refractivity (Wildman–Crippen MR) is 74.2 cm³/mol. The molecule has 0 radical (unpaired) electrons. The van der Waals surface area contributed by atoms with Crippen LogP contribution in [0.3, 0.4) is 0 Å². The summed E-state index contributed by atoms with van der Waals surface area (Å²) in [5.74, 6) is 0.239. The number of hydrogen-bond donors (Lipinski definition) is 2. The van der Waals surface area contributed by atoms with Crippen molar-refractivity contribution in [2.75, 3.05) is 24.6 Å². The van der Waals surface area contributed by atoms with Crippen LogP contribution in [0.25, 0.3) is 0 Å². The number of amidine groups is 1. The zero-order valence-electron chi connectivity index (χ0n) is 10.6. The molecule has 1 unspecified atom stereocenters. The van der Waals surface area contributed by atoms with Crippen molar-refractivity contribution in [3.63, 3.8) is 0 Å². The van der Waals surface area contributed by atoms with Crippen molar-refractivity contribution in [2.24, 2.45) is 5.73 Å². The smallest absolute Gasteiger partial charge is 0.0923 e. The fourth-order valence-corrected chi connectivity index (χ4v) is 2.25. The zero-order valence-corrected chi connectivity index (χ0v) is 10.6. The van der Waals surface area contributed by atoms with Gasteiger partial charge in [-0.2, -0.15) is 0 Å². The van der Waals surface area contributed by atoms with E-state index in [1.807, 2.05) is 18.2 Å². The summed E-state index contributed by atoms with van der Waals surface area (Å²) < 4.78 is 5.69. The van der Waals surface area contributed by atoms with Crippen LogP contribution in [0.15, 0.2) is 30.3 Å². The van der Waals surface area contributed by atoms with E-state index in [4.69, 9.17) is 15.9 Å². The highest BCUT2D eigenvalue weighted by atomic mass is 16.5. The first kappa shape index (κ1) is 12.9. The van der Waals surface area contributed by atoms with E-state index >= 15 is 0 Å². The molecule has 18 heavy (non-hydrogen) atoms. The van der Waals surface area contributed by atoms with Crippen LogP contribution in [0.1, 0.15) is 19.3 Å². The van der Waals surface area contributed by atoms with Crippen LogP contribution in [0.5, 0.6) is 0 Å². The Morgan fingerprint density at radius 1 is 1.39 bits per heavy atom. The molecule has 1 heterocycles. The second-order valence-corrected chi connectivity index (χ2v) is 4.69. The Hall–Kier alpha value is -1.55. The fourth-order valence-electron chi connectivity index (χ4n) is 2.25. The summed E-state index contributed by atoms with van der Waals surface area (Å²) in [5.41, 5.74) is 6.63. The summed E-state index contributed by atoms with van der Waals surface area (Å²) in [7, 11) is 0. The lowest BCUT2D eigenvalue weighted by Crippen LogP contribution is -2.34. The van der Waals surface area contributed by atoms with Gasteiger partial charge in [0.25, 0.3) is 0 Å². The minimum atomic E-state index is 0.239. The number of hydrogen-bond acceptors (Lipinski definition) is 3. The molecule has 1 aliphatic heterocycles. The van der Waals surface area contributed by atoms with E-state index in [0.717, 1.165) is 32.5 Å². The average Bonchev–Trinajstić information content (AvgIpc) is 2.88. The molecule has 1 saturated heterocycles. The highest BCUT2D eigenvalue weighted by Gasteiger charge is 2.19. The van der Waals surface area contributed by atoms with E-state index in [-0.39, 0.29) is 5.84 Å². The van der Waals surface area contributed by atoms with E-state index in [0.29, 0.717) is 12.5 Å². The molecule has 0 amide bonds. The van der Waals surface area contributed by atoms with Crippen molar-refractivity contribution in [1.29, 1.82) is 5.41 Å². The lowest BCUT2D eigenvalue weighted by atomic mass is 10.2. The van der Waals surface area contributed by atoms with Gasteiger partial charge in [0.2, 0.25) is 0 Å². The number of rotatable bonds is 6. The van der Waals surface area contributed by atoms with Gasteiger partial charge in [-0.3, -0.25) is 5.41 Å². The van der Waals surface area contributed by atoms with Gasteiger partial charge in [0, 0.05) is 31.8 Å². The van der Waals surface area contributed by atoms with E-state index in [2.05, 4.69) is 17.0 Å². The van der Waals surface area contributed by atoms with Crippen LogP contribution in [0.4, 0.5) is 5.69 Å². The number of para-hydroxylation sites is 1. The van der Waals surface area contributed by atoms with Gasteiger partial charge in [-0.1, -0.05) is 18.2 Å². The quantitative estimate of drug-likeness (QED) is 0.597. The topological polar surface area (TPSA) is 62.3 Å². The molecule has 1 aromatic carbocycles. The minimum absolute atomic E-state index is 0.239. The van der Waals surface area contributed by atoms with Gasteiger partial charge in [-0.15, -0.1) is 0 Å². The first-order chi connectivity index (χ1) is 8.75. The summed E-state index contributed by atoms with van der Waals surface area (Å²) in [6.07, 6.45) is 3.20. The van der Waals surface area contributed by atoms with Crippen molar-refractivity contribution < 1.29 is 4.74 Å². The Kier molecular flexibility index (Phi) is 4.59. The van der Waals surface area contributed by atoms with Crippen LogP contribution in [-0.2, 0) is 4.74 Å². The van der Waals surface area contributed by atoms with E-state index in [1.165, 1.54) is 5.69 Å². The Bertz CT molecular complexity index is 374. The monoisotopic (exact) mass is 247 g/mol. The molecule has 0 bridgehead atoms. The maximum absolute atomic E-state index is 7.35. The summed E-state index contributed by atoms with van der Waals surface area (Å²) in [5, 5.41) is 7.35. The number of ether oxygens (including phenoxy) is 1. The van der Waals surface area contributed by atoms with Gasteiger partial charge < -0.3 is 15.4 Å². The lowest BCUT2D eigenvalue weighted by molar-refractivity contribution is 0.115. The largest absolute Gasteiger partial charge is 0.388 e. The zero-order chi connectivity index (χ0) is 12.8. The Labute approximate surface area is 108 Å². The Morgan fingerprint density at radius 3 is 2.78 bits per heavy atom. The standard InChI is InChI=1S/C14H21N3O/c15-14(16)8-9-17(11-13-7-4-10-18-13)12-5-2-1-3-6-12/h1-3,5-6,13H,4,7-11H2,(H3,15,16). The third-order valence-electron chi connectivity index (χ3n) is 3.22. The minimum Gasteiger partial charge on any atom is -0.388 e. The van der Waals surface area contributed by atoms with Gasteiger partial charge in [-0.25, -0.2) is 0 Å². The molecule has 98 valence electrons. The normalized spacial score (nSPS) is 18.8. The van der Waals surface area contributed by atoms with Crippen molar-refractivity contribution in [3.05, 3.63) is 30.3 Å². The molecule has 0 saturated carbocycles. The molecule has 0 aliphatic carbocycles. The van der Waals surface area contributed by atoms with Gasteiger partial charge in [0.05, 0.1) is 11.9 Å². The number of benzene rings is 1. The van der Waals surface area contributed by atoms with E-state index < -0.39 is 0 Å².